The molecule has 0 spiro atoms. The van der Waals surface area contributed by atoms with Crippen LogP contribution in [0.5, 0.6) is 5.75 Å². The van der Waals surface area contributed by atoms with Gasteiger partial charge in [-0.1, -0.05) is 23.6 Å². The normalized spacial score (nSPS) is 22.9. The molecule has 2 unspecified atom stereocenters. The predicted octanol–water partition coefficient (Wildman–Crippen LogP) is 3.89. The summed E-state index contributed by atoms with van der Waals surface area (Å²) in [4.78, 5) is 16.3. The zero-order valence-electron chi connectivity index (χ0n) is 17.2. The van der Waals surface area contributed by atoms with Gasteiger partial charge in [-0.2, -0.15) is 0 Å². The lowest BCUT2D eigenvalue weighted by Crippen LogP contribution is -2.38. The van der Waals surface area contributed by atoms with Crippen molar-refractivity contribution in [2.45, 2.75) is 19.5 Å². The highest BCUT2D eigenvalue weighted by molar-refractivity contribution is 5.78. The summed E-state index contributed by atoms with van der Waals surface area (Å²) in [5, 5.41) is 4.54. The lowest BCUT2D eigenvalue weighted by Gasteiger charge is -2.25. The van der Waals surface area contributed by atoms with Crippen molar-refractivity contribution in [3.8, 4) is 5.75 Å². The van der Waals surface area contributed by atoms with Crippen molar-refractivity contribution in [3.63, 3.8) is 0 Å². The Morgan fingerprint density at radius 3 is 2.71 bits per heavy atom. The highest BCUT2D eigenvalue weighted by Gasteiger charge is 2.53. The maximum atomic E-state index is 12.4. The van der Waals surface area contributed by atoms with E-state index >= 15 is 0 Å². The molecule has 1 amide bonds. The maximum Gasteiger partial charge on any atom is 0.573 e. The molecule has 31 heavy (non-hydrogen) atoms. The van der Waals surface area contributed by atoms with Crippen LogP contribution in [0.25, 0.3) is 5.32 Å². The Kier molecular flexibility index (Phi) is 6.24. The van der Waals surface area contributed by atoms with E-state index in [0.29, 0.717) is 49.5 Å². The molecule has 2 atom stereocenters. The predicted molar refractivity (Wildman–Crippen MR) is 107 cm³/mol. The molecule has 9 heteroatoms. The number of likely N-dealkylation sites (tertiary alicyclic amines) is 1. The molecule has 1 aliphatic heterocycles. The maximum absolute atomic E-state index is 12.4. The van der Waals surface area contributed by atoms with Crippen LogP contribution in [0.4, 0.5) is 13.2 Å². The van der Waals surface area contributed by atoms with Gasteiger partial charge in [-0.3, -0.25) is 9.69 Å². The van der Waals surface area contributed by atoms with E-state index in [4.69, 9.17) is 4.42 Å². The van der Waals surface area contributed by atoms with Crippen LogP contribution >= 0.6 is 0 Å². The molecular weight excluding hydrogens is 411 g/mol. The first-order chi connectivity index (χ1) is 14.8. The standard InChI is InChI=1S/C22H25F3N3O3/c1-27(11-17-6-3-7-30-17)21(29)14-28-12-19-18(20(19)13-28)10-26-9-15-4-2-5-16(8-15)31-22(23,24)25/h2-8,18-20H,9-14H2,1H3/q-1. The van der Waals surface area contributed by atoms with Gasteiger partial charge in [-0.25, -0.2) is 0 Å². The molecular formula is C22H25F3N3O3-. The zero-order valence-corrected chi connectivity index (χ0v) is 17.2. The summed E-state index contributed by atoms with van der Waals surface area (Å²) in [7, 11) is 1.78. The van der Waals surface area contributed by atoms with E-state index in [-0.39, 0.29) is 11.7 Å². The van der Waals surface area contributed by atoms with Gasteiger partial charge < -0.3 is 19.4 Å². The Balaban J connectivity index is 1.15. The third kappa shape index (κ3) is 5.80. The van der Waals surface area contributed by atoms with Crippen LogP contribution in [0, 0.1) is 17.8 Å². The summed E-state index contributed by atoms with van der Waals surface area (Å²) in [6.45, 7) is 3.70. The number of hydrogen-bond donors (Lipinski definition) is 0. The number of amides is 1. The summed E-state index contributed by atoms with van der Waals surface area (Å²) in [5.74, 6) is 2.21. The van der Waals surface area contributed by atoms with Crippen molar-refractivity contribution >= 4 is 5.91 Å². The molecule has 168 valence electrons. The fourth-order valence-electron chi connectivity index (χ4n) is 4.36. The van der Waals surface area contributed by atoms with Gasteiger partial charge in [0.1, 0.15) is 11.5 Å². The topological polar surface area (TPSA) is 60.0 Å². The highest BCUT2D eigenvalue weighted by atomic mass is 19.4. The average Bonchev–Trinajstić information content (AvgIpc) is 3.07. The fraction of sp³-hybridized carbons (Fsp3) is 0.500. The smallest absolute Gasteiger partial charge is 0.573 e. The van der Waals surface area contributed by atoms with E-state index in [1.807, 2.05) is 6.07 Å². The second kappa shape index (κ2) is 8.92. The molecule has 0 radical (unpaired) electrons. The number of halogens is 3. The second-order valence-corrected chi connectivity index (χ2v) is 8.27. The van der Waals surface area contributed by atoms with Crippen LogP contribution < -0.4 is 4.74 Å². The van der Waals surface area contributed by atoms with E-state index < -0.39 is 6.36 Å². The number of ether oxygens (including phenoxy) is 1. The van der Waals surface area contributed by atoms with Gasteiger partial charge in [0.15, 0.2) is 0 Å². The van der Waals surface area contributed by atoms with E-state index in [9.17, 15) is 18.0 Å². The van der Waals surface area contributed by atoms with E-state index in [2.05, 4.69) is 15.0 Å². The molecule has 1 saturated heterocycles. The molecule has 1 aromatic heterocycles. The lowest BCUT2D eigenvalue weighted by molar-refractivity contribution is -0.274. The van der Waals surface area contributed by atoms with Crippen LogP contribution in [0.1, 0.15) is 11.3 Å². The number of carbonyl (C=O) groups is 1. The Hall–Kier alpha value is -2.52. The van der Waals surface area contributed by atoms with Crippen molar-refractivity contribution in [1.29, 1.82) is 0 Å². The van der Waals surface area contributed by atoms with E-state index in [1.54, 1.807) is 30.3 Å². The average molecular weight is 436 g/mol. The van der Waals surface area contributed by atoms with Gasteiger partial charge in [0.2, 0.25) is 5.91 Å². The fourth-order valence-corrected chi connectivity index (χ4v) is 4.36. The molecule has 0 N–H and O–H groups in total. The van der Waals surface area contributed by atoms with Crippen LogP contribution in [0.3, 0.4) is 0 Å². The molecule has 6 nitrogen and oxygen atoms in total. The summed E-state index contributed by atoms with van der Waals surface area (Å²) < 4.78 is 46.2. The van der Waals surface area contributed by atoms with Gasteiger partial charge in [0, 0.05) is 20.1 Å². The number of furan rings is 1. The Morgan fingerprint density at radius 1 is 1.26 bits per heavy atom. The van der Waals surface area contributed by atoms with Gasteiger partial charge in [-0.15, -0.1) is 26.3 Å². The summed E-state index contributed by atoms with van der Waals surface area (Å²) in [6.07, 6.45) is -3.10. The molecule has 1 aromatic carbocycles. The van der Waals surface area contributed by atoms with E-state index in [1.165, 1.54) is 18.2 Å². The van der Waals surface area contributed by atoms with Crippen LogP contribution in [-0.4, -0.2) is 55.3 Å². The summed E-state index contributed by atoms with van der Waals surface area (Å²) in [6, 6.07) is 9.59. The number of alkyl halides is 3. The number of piperidine rings is 1. The number of likely N-dealkylation sites (N-methyl/N-ethyl adjacent to an activating group) is 1. The van der Waals surface area contributed by atoms with Crippen molar-refractivity contribution in [1.82, 2.24) is 9.80 Å². The van der Waals surface area contributed by atoms with Crippen LogP contribution in [-0.2, 0) is 17.9 Å². The number of carbonyl (C=O) groups excluding carboxylic acids is 1. The molecule has 4 rings (SSSR count). The van der Waals surface area contributed by atoms with Crippen LogP contribution in [0.15, 0.2) is 47.1 Å². The molecule has 2 aromatic rings. The van der Waals surface area contributed by atoms with Crippen molar-refractivity contribution in [3.05, 3.63) is 59.3 Å². The molecule has 1 saturated carbocycles. The first kappa shape index (κ1) is 21.7. The Labute approximate surface area is 178 Å². The molecule has 2 fully saturated rings. The van der Waals surface area contributed by atoms with Gasteiger partial charge in [0.05, 0.1) is 19.4 Å². The van der Waals surface area contributed by atoms with Crippen molar-refractivity contribution in [2.75, 3.05) is 33.2 Å². The van der Waals surface area contributed by atoms with E-state index in [0.717, 1.165) is 18.8 Å². The molecule has 1 aliphatic carbocycles. The molecule has 2 aliphatic rings. The first-order valence-electron chi connectivity index (χ1n) is 10.2. The third-order valence-electron chi connectivity index (χ3n) is 5.97. The van der Waals surface area contributed by atoms with Crippen molar-refractivity contribution < 1.29 is 27.1 Å². The number of fused-ring (bicyclic) bond motifs is 1. The number of nitrogens with zero attached hydrogens (tertiary/aromatic N) is 3. The van der Waals surface area contributed by atoms with Crippen molar-refractivity contribution in [2.24, 2.45) is 17.8 Å². The lowest BCUT2D eigenvalue weighted by atomic mass is 10.2. The quantitative estimate of drug-likeness (QED) is 0.599. The third-order valence-corrected chi connectivity index (χ3v) is 5.97. The second-order valence-electron chi connectivity index (χ2n) is 8.27. The molecule has 0 bridgehead atoms. The Morgan fingerprint density at radius 2 is 2.03 bits per heavy atom. The van der Waals surface area contributed by atoms with Gasteiger partial charge in [-0.05, 0) is 36.1 Å². The van der Waals surface area contributed by atoms with Crippen LogP contribution in [0.2, 0.25) is 0 Å². The zero-order chi connectivity index (χ0) is 22.0. The van der Waals surface area contributed by atoms with Gasteiger partial charge >= 0.3 is 6.36 Å². The van der Waals surface area contributed by atoms with Gasteiger partial charge in [0.25, 0.3) is 0 Å². The summed E-state index contributed by atoms with van der Waals surface area (Å²) in [5.41, 5.74) is 0.694. The largest absolute Gasteiger partial charge is 0.658 e. The minimum Gasteiger partial charge on any atom is -0.658 e. The Bertz CT molecular complexity index is 876. The summed E-state index contributed by atoms with van der Waals surface area (Å²) >= 11 is 0. The number of benzene rings is 1. The number of hydrogen-bond acceptors (Lipinski definition) is 4. The first-order valence-corrected chi connectivity index (χ1v) is 10.2. The highest BCUT2D eigenvalue weighted by Crippen LogP contribution is 2.52. The SMILES string of the molecule is CN(Cc1ccco1)C(=O)CN1CC2C(C[N-]Cc3cccc(OC(F)(F)F)c3)C2C1. The number of rotatable bonds is 9. The monoisotopic (exact) mass is 436 g/mol. The minimum atomic E-state index is -4.69. The minimum absolute atomic E-state index is 0.0693. The molecule has 2 heterocycles.